The van der Waals surface area contributed by atoms with Crippen molar-refractivity contribution < 1.29 is 33.8 Å². The van der Waals surface area contributed by atoms with Crippen LogP contribution in [0.2, 0.25) is 0 Å². The highest BCUT2D eigenvalue weighted by Crippen LogP contribution is 2.32. The minimum atomic E-state index is -1.36. The van der Waals surface area contributed by atoms with Crippen molar-refractivity contribution in [2.24, 2.45) is 0 Å². The highest BCUT2D eigenvalue weighted by atomic mass is 32.2. The first kappa shape index (κ1) is 21.1. The zero-order valence-electron chi connectivity index (χ0n) is 15.3. The summed E-state index contributed by atoms with van der Waals surface area (Å²) in [6.45, 7) is -0.180. The zero-order valence-corrected chi connectivity index (χ0v) is 16.1. The monoisotopic (exact) mass is 430 g/mol. The van der Waals surface area contributed by atoms with Crippen molar-refractivity contribution in [2.45, 2.75) is 6.42 Å². The minimum absolute atomic E-state index is 0.121. The number of halogens is 1. The van der Waals surface area contributed by atoms with Crippen LogP contribution in [0.25, 0.3) is 6.08 Å². The molecule has 0 saturated carbocycles. The van der Waals surface area contributed by atoms with Gasteiger partial charge in [-0.25, -0.2) is 9.18 Å². The molecule has 1 aliphatic heterocycles. The molecule has 30 heavy (non-hydrogen) atoms. The van der Waals surface area contributed by atoms with Gasteiger partial charge in [-0.05, 0) is 53.7 Å². The fourth-order valence-corrected chi connectivity index (χ4v) is 3.53. The number of thioether (sulfide) groups is 1. The van der Waals surface area contributed by atoms with Crippen LogP contribution in [-0.4, -0.2) is 44.7 Å². The number of benzene rings is 2. The lowest BCUT2D eigenvalue weighted by Crippen LogP contribution is -2.31. The summed E-state index contributed by atoms with van der Waals surface area (Å²) in [6.07, 6.45) is 1.19. The number of nitrogens with one attached hydrogen (secondary N) is 1. The molecule has 3 rings (SSSR count). The Morgan fingerprint density at radius 2 is 1.93 bits per heavy atom. The van der Waals surface area contributed by atoms with Gasteiger partial charge in [0.25, 0.3) is 11.1 Å². The van der Waals surface area contributed by atoms with Crippen molar-refractivity contribution in [3.05, 3.63) is 64.3 Å². The summed E-state index contributed by atoms with van der Waals surface area (Å²) in [5, 5.41) is 20.4. The molecule has 1 aliphatic rings. The number of imide groups is 1. The fourth-order valence-electron chi connectivity index (χ4n) is 2.66. The number of amides is 3. The molecule has 0 bridgehead atoms. The van der Waals surface area contributed by atoms with Crippen LogP contribution >= 0.6 is 11.8 Å². The first-order valence-corrected chi connectivity index (χ1v) is 9.43. The number of rotatable bonds is 6. The highest BCUT2D eigenvalue weighted by Gasteiger charge is 2.35. The van der Waals surface area contributed by atoms with Crippen molar-refractivity contribution in [3.63, 3.8) is 0 Å². The fraction of sp³-hybridized carbons (Fsp3) is 0.100. The second-order valence-corrected chi connectivity index (χ2v) is 7.22. The van der Waals surface area contributed by atoms with Crippen LogP contribution in [0.5, 0.6) is 5.75 Å². The SMILES string of the molecule is O=C(CCN1C(=O)S/C(=C/c2cccc(F)c2)C1=O)Nc1ccc(O)c(C(=O)O)c1. The molecule has 0 spiro atoms. The Kier molecular flexibility index (Phi) is 6.17. The van der Waals surface area contributed by atoms with Crippen LogP contribution in [0, 0.1) is 5.82 Å². The van der Waals surface area contributed by atoms with E-state index < -0.39 is 34.6 Å². The Hall–Kier alpha value is -3.66. The molecule has 0 unspecified atom stereocenters. The third-order valence-corrected chi connectivity index (χ3v) is 5.00. The quantitative estimate of drug-likeness (QED) is 0.474. The third kappa shape index (κ3) is 4.84. The summed E-state index contributed by atoms with van der Waals surface area (Å²) < 4.78 is 13.3. The third-order valence-electron chi connectivity index (χ3n) is 4.09. The summed E-state index contributed by atoms with van der Waals surface area (Å²) in [4.78, 5) is 48.7. The van der Waals surface area contributed by atoms with E-state index >= 15 is 0 Å². The van der Waals surface area contributed by atoms with Crippen LogP contribution in [0.1, 0.15) is 22.3 Å². The molecule has 3 N–H and O–H groups in total. The Morgan fingerprint density at radius 1 is 1.17 bits per heavy atom. The number of carboxylic acid groups (broad SMARTS) is 1. The Labute approximate surface area is 174 Å². The second kappa shape index (κ2) is 8.78. The van der Waals surface area contributed by atoms with E-state index in [2.05, 4.69) is 5.32 Å². The molecule has 0 aliphatic carbocycles. The number of phenols is 1. The summed E-state index contributed by atoms with van der Waals surface area (Å²) in [7, 11) is 0. The normalized spacial score (nSPS) is 15.0. The molecule has 154 valence electrons. The lowest BCUT2D eigenvalue weighted by atomic mass is 10.1. The van der Waals surface area contributed by atoms with Crippen molar-refractivity contribution in [2.75, 3.05) is 11.9 Å². The summed E-state index contributed by atoms with van der Waals surface area (Å²) in [5.74, 6) is -3.40. The van der Waals surface area contributed by atoms with Gasteiger partial charge >= 0.3 is 5.97 Å². The van der Waals surface area contributed by atoms with Crippen LogP contribution in [0.4, 0.5) is 14.9 Å². The van der Waals surface area contributed by atoms with Crippen molar-refractivity contribution in [3.8, 4) is 5.75 Å². The molecular formula is C20H15FN2O6S. The van der Waals surface area contributed by atoms with E-state index in [1.165, 1.54) is 30.3 Å². The standard InChI is InChI=1S/C20H15FN2O6S/c21-12-3-1-2-11(8-12)9-16-18(26)23(20(29)30-16)7-6-17(25)22-13-4-5-15(24)14(10-13)19(27)28/h1-5,8-10,24H,6-7H2,(H,22,25)(H,27,28)/b16-9+. The maximum absolute atomic E-state index is 13.3. The molecule has 2 aromatic carbocycles. The van der Waals surface area contributed by atoms with Gasteiger partial charge in [0, 0.05) is 18.7 Å². The topological polar surface area (TPSA) is 124 Å². The number of nitrogens with zero attached hydrogens (tertiary/aromatic N) is 1. The Morgan fingerprint density at radius 3 is 2.63 bits per heavy atom. The molecule has 0 atom stereocenters. The van der Waals surface area contributed by atoms with Gasteiger partial charge in [-0.3, -0.25) is 19.3 Å². The van der Waals surface area contributed by atoms with E-state index in [0.717, 1.165) is 17.0 Å². The number of carbonyl (C=O) groups excluding carboxylic acids is 3. The van der Waals surface area contributed by atoms with E-state index in [1.54, 1.807) is 6.07 Å². The van der Waals surface area contributed by atoms with E-state index in [1.807, 2.05) is 0 Å². The summed E-state index contributed by atoms with van der Waals surface area (Å²) in [5.41, 5.74) is 0.205. The van der Waals surface area contributed by atoms with Gasteiger partial charge < -0.3 is 15.5 Å². The maximum Gasteiger partial charge on any atom is 0.339 e. The van der Waals surface area contributed by atoms with Crippen molar-refractivity contribution in [1.29, 1.82) is 0 Å². The predicted octanol–water partition coefficient (Wildman–Crippen LogP) is 3.29. The molecule has 1 heterocycles. The van der Waals surface area contributed by atoms with Gasteiger partial charge in [-0.1, -0.05) is 12.1 Å². The number of carbonyl (C=O) groups is 4. The number of aromatic hydroxyl groups is 1. The molecule has 2 aromatic rings. The summed E-state index contributed by atoms with van der Waals surface area (Å²) >= 11 is 0.696. The first-order chi connectivity index (χ1) is 14.2. The van der Waals surface area contributed by atoms with E-state index in [0.29, 0.717) is 17.3 Å². The van der Waals surface area contributed by atoms with Crippen LogP contribution in [0.15, 0.2) is 47.4 Å². The molecular weight excluding hydrogens is 415 g/mol. The number of hydrogen-bond donors (Lipinski definition) is 3. The number of anilines is 1. The van der Waals surface area contributed by atoms with Gasteiger partial charge in [0.15, 0.2) is 0 Å². The summed E-state index contributed by atoms with van der Waals surface area (Å²) in [6, 6.07) is 9.10. The van der Waals surface area contributed by atoms with Crippen molar-refractivity contribution in [1.82, 2.24) is 4.90 Å². The zero-order chi connectivity index (χ0) is 21.8. The minimum Gasteiger partial charge on any atom is -0.507 e. The molecule has 0 aromatic heterocycles. The smallest absolute Gasteiger partial charge is 0.339 e. The molecule has 3 amide bonds. The van der Waals surface area contributed by atoms with Gasteiger partial charge in [-0.2, -0.15) is 0 Å². The highest BCUT2D eigenvalue weighted by molar-refractivity contribution is 8.18. The number of aromatic carboxylic acids is 1. The lowest BCUT2D eigenvalue weighted by Gasteiger charge is -2.12. The lowest BCUT2D eigenvalue weighted by molar-refractivity contribution is -0.123. The predicted molar refractivity (Wildman–Crippen MR) is 107 cm³/mol. The molecule has 1 fully saturated rings. The average Bonchev–Trinajstić information content (AvgIpc) is 2.94. The van der Waals surface area contributed by atoms with E-state index in [-0.39, 0.29) is 29.1 Å². The second-order valence-electron chi connectivity index (χ2n) is 6.22. The van der Waals surface area contributed by atoms with Gasteiger partial charge in [0.1, 0.15) is 17.1 Å². The Bertz CT molecular complexity index is 1080. The van der Waals surface area contributed by atoms with Gasteiger partial charge in [0.2, 0.25) is 5.91 Å². The van der Waals surface area contributed by atoms with E-state index in [4.69, 9.17) is 5.11 Å². The largest absolute Gasteiger partial charge is 0.507 e. The first-order valence-electron chi connectivity index (χ1n) is 8.61. The molecule has 10 heteroatoms. The van der Waals surface area contributed by atoms with Crippen molar-refractivity contribution >= 4 is 46.5 Å². The van der Waals surface area contributed by atoms with Crippen LogP contribution < -0.4 is 5.32 Å². The Balaban J connectivity index is 1.62. The van der Waals surface area contributed by atoms with Crippen LogP contribution in [0.3, 0.4) is 0 Å². The maximum atomic E-state index is 13.3. The molecule has 1 saturated heterocycles. The molecule has 0 radical (unpaired) electrons. The van der Waals surface area contributed by atoms with Crippen LogP contribution in [-0.2, 0) is 9.59 Å². The average molecular weight is 430 g/mol. The van der Waals surface area contributed by atoms with Gasteiger partial charge in [0.05, 0.1) is 4.91 Å². The molecule has 8 nitrogen and oxygen atoms in total. The number of carboxylic acids is 1. The number of hydrogen-bond acceptors (Lipinski definition) is 6. The van der Waals surface area contributed by atoms with Gasteiger partial charge in [-0.15, -0.1) is 0 Å². The van der Waals surface area contributed by atoms with E-state index in [9.17, 15) is 28.7 Å².